The van der Waals surface area contributed by atoms with Gasteiger partial charge in [-0.3, -0.25) is 9.69 Å². The minimum absolute atomic E-state index is 0.0448. The molecule has 1 N–H and O–H groups in total. The van der Waals surface area contributed by atoms with Crippen LogP contribution >= 0.6 is 0 Å². The van der Waals surface area contributed by atoms with Crippen LogP contribution in [-0.4, -0.2) is 34.5 Å². The van der Waals surface area contributed by atoms with Crippen LogP contribution in [0.25, 0.3) is 0 Å². The highest BCUT2D eigenvalue weighted by molar-refractivity contribution is 5.94. The van der Waals surface area contributed by atoms with Crippen LogP contribution in [-0.2, 0) is 13.6 Å². The fraction of sp³-hybridized carbons (Fsp3) is 0.476. The second-order valence-electron chi connectivity index (χ2n) is 7.90. The van der Waals surface area contributed by atoms with Crippen LogP contribution in [0.1, 0.15) is 41.6 Å². The Hall–Kier alpha value is -2.14. The van der Waals surface area contributed by atoms with Gasteiger partial charge in [0.15, 0.2) is 0 Å². The van der Waals surface area contributed by atoms with Gasteiger partial charge in [0, 0.05) is 32.0 Å². The van der Waals surface area contributed by atoms with Gasteiger partial charge in [-0.05, 0) is 68.0 Å². The van der Waals surface area contributed by atoms with Crippen molar-refractivity contribution in [3.8, 4) is 0 Å². The minimum atomic E-state index is -0.183. The van der Waals surface area contributed by atoms with Gasteiger partial charge in [0.1, 0.15) is 5.82 Å². The molecule has 1 saturated heterocycles. The number of carbonyl (C=O) groups excluding carboxylic acids is 1. The fourth-order valence-corrected chi connectivity index (χ4v) is 4.40. The van der Waals surface area contributed by atoms with Crippen molar-refractivity contribution in [2.75, 3.05) is 13.1 Å². The number of carbonyl (C=O) groups is 1. The number of halogens is 1. The van der Waals surface area contributed by atoms with Gasteiger partial charge in [0.2, 0.25) is 0 Å². The molecule has 2 heterocycles. The van der Waals surface area contributed by atoms with Crippen molar-refractivity contribution >= 4 is 5.91 Å². The highest BCUT2D eigenvalue weighted by Crippen LogP contribution is 2.49. The van der Waals surface area contributed by atoms with Gasteiger partial charge < -0.3 is 9.88 Å². The quantitative estimate of drug-likeness (QED) is 0.913. The molecule has 0 unspecified atom stereocenters. The van der Waals surface area contributed by atoms with E-state index in [1.807, 2.05) is 42.2 Å². The lowest BCUT2D eigenvalue weighted by Crippen LogP contribution is -2.59. The zero-order chi connectivity index (χ0) is 18.1. The lowest BCUT2D eigenvalue weighted by Gasteiger charge is -2.54. The lowest BCUT2D eigenvalue weighted by atomic mass is 9.59. The molecule has 2 fully saturated rings. The number of hydrogen-bond donors (Lipinski definition) is 1. The molecule has 2 aromatic rings. The van der Waals surface area contributed by atoms with E-state index in [1.54, 1.807) is 0 Å². The Kier molecular flexibility index (Phi) is 4.57. The Labute approximate surface area is 154 Å². The molecule has 5 heteroatoms. The van der Waals surface area contributed by atoms with Crippen LogP contribution < -0.4 is 5.32 Å². The van der Waals surface area contributed by atoms with Gasteiger partial charge in [0.05, 0.1) is 5.56 Å². The number of nitrogens with one attached hydrogen (secondary N) is 1. The van der Waals surface area contributed by atoms with Gasteiger partial charge in [-0.1, -0.05) is 12.1 Å². The molecule has 138 valence electrons. The highest BCUT2D eigenvalue weighted by Gasteiger charge is 2.48. The van der Waals surface area contributed by atoms with E-state index in [2.05, 4.69) is 10.2 Å². The van der Waals surface area contributed by atoms with E-state index >= 15 is 0 Å². The summed E-state index contributed by atoms with van der Waals surface area (Å²) in [6, 6.07) is 8.95. The fourth-order valence-electron chi connectivity index (χ4n) is 4.40. The predicted octanol–water partition coefficient (Wildman–Crippen LogP) is 3.34. The predicted molar refractivity (Wildman–Crippen MR) is 99.2 cm³/mol. The molecule has 1 aliphatic carbocycles. The molecule has 1 amide bonds. The van der Waals surface area contributed by atoms with Crippen LogP contribution in [0.4, 0.5) is 4.39 Å². The molecule has 4 rings (SSSR count). The first kappa shape index (κ1) is 17.3. The third-order valence-corrected chi connectivity index (χ3v) is 6.24. The topological polar surface area (TPSA) is 37.3 Å². The number of hydrogen-bond acceptors (Lipinski definition) is 2. The summed E-state index contributed by atoms with van der Waals surface area (Å²) in [5.74, 6) is -0.138. The Morgan fingerprint density at radius 1 is 1.19 bits per heavy atom. The summed E-state index contributed by atoms with van der Waals surface area (Å²) in [7, 11) is 1.93. The molecule has 1 aromatic carbocycles. The van der Waals surface area contributed by atoms with E-state index in [0.29, 0.717) is 6.04 Å². The van der Waals surface area contributed by atoms with Crippen LogP contribution in [0.5, 0.6) is 0 Å². The van der Waals surface area contributed by atoms with Gasteiger partial charge in [-0.25, -0.2) is 4.39 Å². The van der Waals surface area contributed by atoms with Crippen molar-refractivity contribution in [1.82, 2.24) is 14.8 Å². The molecule has 1 aromatic heterocycles. The van der Waals surface area contributed by atoms with Crippen molar-refractivity contribution in [2.24, 2.45) is 12.5 Å². The van der Waals surface area contributed by atoms with Crippen LogP contribution in [0.15, 0.2) is 42.7 Å². The molecule has 1 saturated carbocycles. The first-order valence-electron chi connectivity index (χ1n) is 9.44. The van der Waals surface area contributed by atoms with E-state index in [0.717, 1.165) is 50.0 Å². The Balaban J connectivity index is 1.31. The SMILES string of the molecule is Cn1ccc(C(=O)N[C@H]2CCC23CCN(Cc2ccc(F)cc2)CC3)c1. The number of aryl methyl sites for hydroxylation is 1. The molecule has 26 heavy (non-hydrogen) atoms. The molecular formula is C21H26FN3O. The standard InChI is InChI=1S/C21H26FN3O/c1-24-11-7-17(15-24)20(26)23-19-6-8-21(19)9-12-25(13-10-21)14-16-2-4-18(22)5-3-16/h2-5,7,11,15,19H,6,8-10,12-14H2,1H3,(H,23,26)/t19-/m0/s1. The van der Waals surface area contributed by atoms with E-state index in [4.69, 9.17) is 0 Å². The monoisotopic (exact) mass is 355 g/mol. The van der Waals surface area contributed by atoms with Crippen molar-refractivity contribution in [3.05, 3.63) is 59.7 Å². The second kappa shape index (κ2) is 6.88. The maximum absolute atomic E-state index is 13.0. The van der Waals surface area contributed by atoms with E-state index in [-0.39, 0.29) is 17.1 Å². The smallest absolute Gasteiger partial charge is 0.253 e. The van der Waals surface area contributed by atoms with Crippen molar-refractivity contribution < 1.29 is 9.18 Å². The number of nitrogens with zero attached hydrogens (tertiary/aromatic N) is 2. The average Bonchev–Trinajstić information content (AvgIpc) is 3.08. The van der Waals surface area contributed by atoms with Gasteiger partial charge >= 0.3 is 0 Å². The molecule has 0 radical (unpaired) electrons. The summed E-state index contributed by atoms with van der Waals surface area (Å²) < 4.78 is 14.9. The van der Waals surface area contributed by atoms with E-state index in [9.17, 15) is 9.18 Å². The lowest BCUT2D eigenvalue weighted by molar-refractivity contribution is -0.00710. The summed E-state index contributed by atoms with van der Waals surface area (Å²) in [5, 5.41) is 3.26. The van der Waals surface area contributed by atoms with Gasteiger partial charge in [0.25, 0.3) is 5.91 Å². The first-order valence-corrected chi connectivity index (χ1v) is 9.44. The second-order valence-corrected chi connectivity index (χ2v) is 7.90. The van der Waals surface area contributed by atoms with E-state index in [1.165, 1.54) is 18.6 Å². The molecule has 4 nitrogen and oxygen atoms in total. The third-order valence-electron chi connectivity index (χ3n) is 6.24. The number of benzene rings is 1. The first-order chi connectivity index (χ1) is 12.5. The molecule has 1 spiro atoms. The number of likely N-dealkylation sites (tertiary alicyclic amines) is 1. The summed E-state index contributed by atoms with van der Waals surface area (Å²) in [5.41, 5.74) is 2.16. The normalized spacial score (nSPS) is 22.2. The zero-order valence-corrected chi connectivity index (χ0v) is 15.2. The molecule has 1 atom stereocenters. The molecule has 0 bridgehead atoms. The largest absolute Gasteiger partial charge is 0.356 e. The third kappa shape index (κ3) is 3.40. The number of aromatic nitrogens is 1. The zero-order valence-electron chi connectivity index (χ0n) is 15.2. The van der Waals surface area contributed by atoms with Gasteiger partial charge in [-0.2, -0.15) is 0 Å². The maximum atomic E-state index is 13.0. The van der Waals surface area contributed by atoms with E-state index < -0.39 is 0 Å². The van der Waals surface area contributed by atoms with Crippen LogP contribution in [0.2, 0.25) is 0 Å². The number of piperidine rings is 1. The average molecular weight is 355 g/mol. The Morgan fingerprint density at radius 3 is 2.50 bits per heavy atom. The number of amides is 1. The van der Waals surface area contributed by atoms with Gasteiger partial charge in [-0.15, -0.1) is 0 Å². The Bertz CT molecular complexity index is 775. The number of rotatable bonds is 4. The summed E-state index contributed by atoms with van der Waals surface area (Å²) in [4.78, 5) is 14.9. The summed E-state index contributed by atoms with van der Waals surface area (Å²) in [6.45, 7) is 2.95. The van der Waals surface area contributed by atoms with Crippen LogP contribution in [0.3, 0.4) is 0 Å². The van der Waals surface area contributed by atoms with Crippen molar-refractivity contribution in [2.45, 2.75) is 38.3 Å². The summed E-state index contributed by atoms with van der Waals surface area (Å²) >= 11 is 0. The molecule has 2 aliphatic rings. The molecular weight excluding hydrogens is 329 g/mol. The van der Waals surface area contributed by atoms with Crippen molar-refractivity contribution in [3.63, 3.8) is 0 Å². The Morgan fingerprint density at radius 2 is 1.92 bits per heavy atom. The molecule has 1 aliphatic heterocycles. The van der Waals surface area contributed by atoms with Crippen molar-refractivity contribution in [1.29, 1.82) is 0 Å². The summed E-state index contributed by atoms with van der Waals surface area (Å²) in [6.07, 6.45) is 8.29. The minimum Gasteiger partial charge on any atom is -0.356 e. The highest BCUT2D eigenvalue weighted by atomic mass is 19.1. The van der Waals surface area contributed by atoms with Crippen LogP contribution in [0, 0.1) is 11.2 Å². The maximum Gasteiger partial charge on any atom is 0.253 e.